The van der Waals surface area contributed by atoms with Crippen molar-refractivity contribution in [1.29, 1.82) is 0 Å². The molecule has 1 amide bonds. The zero-order chi connectivity index (χ0) is 14.2. The molecule has 1 atom stereocenters. The molecule has 1 unspecified atom stereocenters. The van der Waals surface area contributed by atoms with Crippen molar-refractivity contribution in [1.82, 2.24) is 10.2 Å². The Kier molecular flexibility index (Phi) is 6.06. The van der Waals surface area contributed by atoms with E-state index in [-0.39, 0.29) is 5.91 Å². The minimum absolute atomic E-state index is 0.161. The molecule has 110 valence electrons. The lowest BCUT2D eigenvalue weighted by Crippen LogP contribution is -2.41. The lowest BCUT2D eigenvalue weighted by atomic mass is 10.00. The van der Waals surface area contributed by atoms with Gasteiger partial charge in [0, 0.05) is 25.6 Å². The maximum Gasteiger partial charge on any atom is 0.221 e. The second kappa shape index (κ2) is 8.05. The van der Waals surface area contributed by atoms with E-state index in [0.29, 0.717) is 19.0 Å². The van der Waals surface area contributed by atoms with Crippen LogP contribution in [0.3, 0.4) is 0 Å². The van der Waals surface area contributed by atoms with Crippen LogP contribution in [0.15, 0.2) is 30.3 Å². The Hall–Kier alpha value is -1.35. The first-order valence-corrected chi connectivity index (χ1v) is 7.84. The van der Waals surface area contributed by atoms with Crippen LogP contribution in [0.2, 0.25) is 0 Å². The van der Waals surface area contributed by atoms with E-state index < -0.39 is 0 Å². The van der Waals surface area contributed by atoms with E-state index in [1.165, 1.54) is 25.7 Å². The normalized spacial score (nSPS) is 19.8. The van der Waals surface area contributed by atoms with Crippen molar-refractivity contribution in [3.05, 3.63) is 35.9 Å². The summed E-state index contributed by atoms with van der Waals surface area (Å²) < 4.78 is 0. The van der Waals surface area contributed by atoms with E-state index in [1.54, 1.807) is 0 Å². The van der Waals surface area contributed by atoms with Crippen LogP contribution in [-0.4, -0.2) is 29.9 Å². The Morgan fingerprint density at radius 1 is 1.30 bits per heavy atom. The Morgan fingerprint density at radius 3 is 2.85 bits per heavy atom. The van der Waals surface area contributed by atoms with Crippen LogP contribution in [0.25, 0.3) is 0 Å². The number of hydrogen-bond acceptors (Lipinski definition) is 2. The molecule has 1 N–H and O–H groups in total. The van der Waals surface area contributed by atoms with Crippen molar-refractivity contribution in [2.75, 3.05) is 13.1 Å². The number of nitrogens with zero attached hydrogens (tertiary/aromatic N) is 1. The molecule has 0 aliphatic carbocycles. The zero-order valence-electron chi connectivity index (χ0n) is 12.5. The molecule has 3 nitrogen and oxygen atoms in total. The highest BCUT2D eigenvalue weighted by Gasteiger charge is 2.20. The number of amides is 1. The molecular formula is C17H26N2O. The van der Waals surface area contributed by atoms with Gasteiger partial charge in [0.25, 0.3) is 0 Å². The van der Waals surface area contributed by atoms with Crippen LogP contribution in [0, 0.1) is 0 Å². The SMILES string of the molecule is CCC1CCCCN1CCC(=O)NCc1ccccc1. The standard InChI is InChI=1S/C17H26N2O/c1-2-16-10-6-7-12-19(16)13-11-17(20)18-14-15-8-4-3-5-9-15/h3-5,8-9,16H,2,6-7,10-14H2,1H3,(H,18,20). The molecule has 0 spiro atoms. The van der Waals surface area contributed by atoms with Crippen molar-refractivity contribution in [3.8, 4) is 0 Å². The Morgan fingerprint density at radius 2 is 2.10 bits per heavy atom. The zero-order valence-corrected chi connectivity index (χ0v) is 12.5. The van der Waals surface area contributed by atoms with Gasteiger partial charge in [0.1, 0.15) is 0 Å². The largest absolute Gasteiger partial charge is 0.352 e. The van der Waals surface area contributed by atoms with Crippen LogP contribution in [0.5, 0.6) is 0 Å². The van der Waals surface area contributed by atoms with Crippen molar-refractivity contribution >= 4 is 5.91 Å². The summed E-state index contributed by atoms with van der Waals surface area (Å²) in [5.74, 6) is 0.161. The summed E-state index contributed by atoms with van der Waals surface area (Å²) in [7, 11) is 0. The highest BCUT2D eigenvalue weighted by atomic mass is 16.1. The maximum atomic E-state index is 11.9. The molecule has 2 rings (SSSR count). The second-order valence-electron chi connectivity index (χ2n) is 5.61. The summed E-state index contributed by atoms with van der Waals surface area (Å²) in [6.07, 6.45) is 5.73. The van der Waals surface area contributed by atoms with Crippen LogP contribution in [-0.2, 0) is 11.3 Å². The predicted octanol–water partition coefficient (Wildman–Crippen LogP) is 2.96. The number of carbonyl (C=O) groups is 1. The Labute approximate surface area is 122 Å². The summed E-state index contributed by atoms with van der Waals surface area (Å²) in [4.78, 5) is 14.4. The van der Waals surface area contributed by atoms with Crippen LogP contribution < -0.4 is 5.32 Å². The quantitative estimate of drug-likeness (QED) is 0.865. The third kappa shape index (κ3) is 4.64. The van der Waals surface area contributed by atoms with E-state index in [1.807, 2.05) is 30.3 Å². The lowest BCUT2D eigenvalue weighted by Gasteiger charge is -2.35. The molecule has 0 saturated carbocycles. The fourth-order valence-electron chi connectivity index (χ4n) is 2.95. The average Bonchev–Trinajstić information content (AvgIpc) is 2.52. The fourth-order valence-corrected chi connectivity index (χ4v) is 2.95. The van der Waals surface area contributed by atoms with Crippen molar-refractivity contribution in [2.45, 2.75) is 51.6 Å². The predicted molar refractivity (Wildman–Crippen MR) is 82.4 cm³/mol. The first-order chi connectivity index (χ1) is 9.79. The van der Waals surface area contributed by atoms with Gasteiger partial charge in [0.05, 0.1) is 0 Å². The summed E-state index contributed by atoms with van der Waals surface area (Å²) in [5, 5.41) is 3.01. The third-order valence-corrected chi connectivity index (χ3v) is 4.18. The second-order valence-corrected chi connectivity index (χ2v) is 5.61. The van der Waals surface area contributed by atoms with Crippen molar-refractivity contribution < 1.29 is 4.79 Å². The smallest absolute Gasteiger partial charge is 0.221 e. The molecule has 20 heavy (non-hydrogen) atoms. The number of hydrogen-bond donors (Lipinski definition) is 1. The van der Waals surface area contributed by atoms with Gasteiger partial charge in [-0.25, -0.2) is 0 Å². The summed E-state index contributed by atoms with van der Waals surface area (Å²) >= 11 is 0. The van der Waals surface area contributed by atoms with E-state index >= 15 is 0 Å². The van der Waals surface area contributed by atoms with Crippen LogP contribution >= 0.6 is 0 Å². The number of likely N-dealkylation sites (tertiary alicyclic amines) is 1. The lowest BCUT2D eigenvalue weighted by molar-refractivity contribution is -0.121. The molecule has 1 aromatic carbocycles. The molecule has 1 heterocycles. The molecular weight excluding hydrogens is 248 g/mol. The Bertz CT molecular complexity index is 405. The molecule has 0 radical (unpaired) electrons. The number of nitrogens with one attached hydrogen (secondary N) is 1. The fraction of sp³-hybridized carbons (Fsp3) is 0.588. The molecule has 0 aromatic heterocycles. The van der Waals surface area contributed by atoms with E-state index in [9.17, 15) is 4.79 Å². The minimum atomic E-state index is 0.161. The van der Waals surface area contributed by atoms with Crippen LogP contribution in [0.1, 0.15) is 44.6 Å². The van der Waals surface area contributed by atoms with Gasteiger partial charge in [-0.15, -0.1) is 0 Å². The van der Waals surface area contributed by atoms with Gasteiger partial charge < -0.3 is 5.32 Å². The van der Waals surface area contributed by atoms with Gasteiger partial charge in [0.15, 0.2) is 0 Å². The number of carbonyl (C=O) groups excluding carboxylic acids is 1. The number of piperidine rings is 1. The molecule has 1 aliphatic rings. The highest BCUT2D eigenvalue weighted by molar-refractivity contribution is 5.76. The number of rotatable bonds is 6. The first kappa shape index (κ1) is 15.0. The Balaban J connectivity index is 1.69. The summed E-state index contributed by atoms with van der Waals surface area (Å²) in [6, 6.07) is 10.8. The van der Waals surface area contributed by atoms with Crippen LogP contribution in [0.4, 0.5) is 0 Å². The van der Waals surface area contributed by atoms with E-state index in [2.05, 4.69) is 17.1 Å². The topological polar surface area (TPSA) is 32.3 Å². The van der Waals surface area contributed by atoms with Crippen molar-refractivity contribution in [3.63, 3.8) is 0 Å². The van der Waals surface area contributed by atoms with Gasteiger partial charge >= 0.3 is 0 Å². The average molecular weight is 274 g/mol. The van der Waals surface area contributed by atoms with Gasteiger partial charge in [0.2, 0.25) is 5.91 Å². The van der Waals surface area contributed by atoms with Crippen molar-refractivity contribution in [2.24, 2.45) is 0 Å². The van der Waals surface area contributed by atoms with E-state index in [0.717, 1.165) is 18.7 Å². The summed E-state index contributed by atoms with van der Waals surface area (Å²) in [5.41, 5.74) is 1.16. The molecule has 1 aliphatic heterocycles. The van der Waals surface area contributed by atoms with Gasteiger partial charge in [-0.2, -0.15) is 0 Å². The number of benzene rings is 1. The highest BCUT2D eigenvalue weighted by Crippen LogP contribution is 2.19. The molecule has 3 heteroatoms. The first-order valence-electron chi connectivity index (χ1n) is 7.84. The summed E-state index contributed by atoms with van der Waals surface area (Å²) in [6.45, 7) is 4.94. The molecule has 1 saturated heterocycles. The monoisotopic (exact) mass is 274 g/mol. The van der Waals surface area contributed by atoms with Gasteiger partial charge in [-0.1, -0.05) is 43.7 Å². The molecule has 1 aromatic rings. The van der Waals surface area contributed by atoms with E-state index in [4.69, 9.17) is 0 Å². The minimum Gasteiger partial charge on any atom is -0.352 e. The molecule has 1 fully saturated rings. The third-order valence-electron chi connectivity index (χ3n) is 4.18. The van der Waals surface area contributed by atoms with Gasteiger partial charge in [-0.3, -0.25) is 9.69 Å². The maximum absolute atomic E-state index is 11.9. The molecule has 0 bridgehead atoms. The van der Waals surface area contributed by atoms with Gasteiger partial charge in [-0.05, 0) is 31.4 Å².